The Morgan fingerprint density at radius 2 is 1.38 bits per heavy atom. The van der Waals surface area contributed by atoms with Crippen molar-refractivity contribution in [1.29, 1.82) is 10.5 Å². The number of benzene rings is 4. The lowest BCUT2D eigenvalue weighted by molar-refractivity contribution is 0.693. The maximum absolute atomic E-state index is 9.62. The number of nitrogens with one attached hydrogen (secondary N) is 1. The van der Waals surface area contributed by atoms with Gasteiger partial charge in [-0.15, -0.1) is 0 Å². The third-order valence-corrected chi connectivity index (χ3v) is 5.03. The Bertz CT molecular complexity index is 1240. The molecular weight excluding hydrogens is 354 g/mol. The van der Waals surface area contributed by atoms with E-state index in [2.05, 4.69) is 47.8 Å². The number of nitriles is 2. The average Bonchev–Trinajstić information content (AvgIpc) is 2.79. The van der Waals surface area contributed by atoms with Crippen molar-refractivity contribution >= 4 is 10.8 Å². The third-order valence-electron chi connectivity index (χ3n) is 5.03. The number of rotatable bonds is 5. The second kappa shape index (κ2) is 8.40. The van der Waals surface area contributed by atoms with E-state index in [1.54, 1.807) is 0 Å². The monoisotopic (exact) mass is 373 g/mol. The Morgan fingerprint density at radius 3 is 2.17 bits per heavy atom. The molecule has 0 heterocycles. The molecule has 1 N–H and O–H groups in total. The maximum Gasteiger partial charge on any atom is 0.0998 e. The Balaban J connectivity index is 1.58. The number of hydrogen-bond acceptors (Lipinski definition) is 3. The summed E-state index contributed by atoms with van der Waals surface area (Å²) in [5, 5.41) is 24.3. The summed E-state index contributed by atoms with van der Waals surface area (Å²) in [5.41, 5.74) is 5.64. The molecule has 4 aromatic rings. The molecule has 138 valence electrons. The minimum atomic E-state index is 0.667. The Morgan fingerprint density at radius 1 is 0.655 bits per heavy atom. The summed E-state index contributed by atoms with van der Waals surface area (Å²) in [6.07, 6.45) is 0. The van der Waals surface area contributed by atoms with Crippen LogP contribution in [0.3, 0.4) is 0 Å². The Kier molecular flexibility index (Phi) is 5.34. The van der Waals surface area contributed by atoms with Crippen LogP contribution in [0, 0.1) is 22.7 Å². The molecule has 0 unspecified atom stereocenters. The molecule has 0 fully saturated rings. The zero-order valence-corrected chi connectivity index (χ0v) is 15.9. The van der Waals surface area contributed by atoms with Crippen LogP contribution in [0.2, 0.25) is 0 Å². The summed E-state index contributed by atoms with van der Waals surface area (Å²) < 4.78 is 0. The van der Waals surface area contributed by atoms with Gasteiger partial charge in [0.15, 0.2) is 0 Å². The molecule has 0 aliphatic heterocycles. The predicted octanol–water partition coefficient (Wildman–Crippen LogP) is 5.54. The van der Waals surface area contributed by atoms with Gasteiger partial charge in [-0.2, -0.15) is 10.5 Å². The van der Waals surface area contributed by atoms with Crippen molar-refractivity contribution in [2.24, 2.45) is 0 Å². The summed E-state index contributed by atoms with van der Waals surface area (Å²) in [6.45, 7) is 1.42. The van der Waals surface area contributed by atoms with Gasteiger partial charge >= 0.3 is 0 Å². The van der Waals surface area contributed by atoms with Crippen molar-refractivity contribution in [1.82, 2.24) is 5.32 Å². The maximum atomic E-state index is 9.62. The van der Waals surface area contributed by atoms with E-state index in [1.807, 2.05) is 54.6 Å². The van der Waals surface area contributed by atoms with E-state index in [1.165, 1.54) is 5.39 Å². The van der Waals surface area contributed by atoms with Gasteiger partial charge in [0, 0.05) is 18.7 Å². The summed E-state index contributed by atoms with van der Waals surface area (Å²) in [7, 11) is 0. The highest BCUT2D eigenvalue weighted by atomic mass is 14.8. The normalized spacial score (nSPS) is 10.4. The van der Waals surface area contributed by atoms with Crippen LogP contribution in [0.5, 0.6) is 0 Å². The molecule has 0 aromatic heterocycles. The number of hydrogen-bond donors (Lipinski definition) is 1. The molecule has 0 aliphatic rings. The van der Waals surface area contributed by atoms with Crippen LogP contribution < -0.4 is 5.32 Å². The van der Waals surface area contributed by atoms with Crippen molar-refractivity contribution < 1.29 is 0 Å². The van der Waals surface area contributed by atoms with E-state index in [9.17, 15) is 5.26 Å². The highest BCUT2D eigenvalue weighted by Crippen LogP contribution is 2.31. The summed E-state index contributed by atoms with van der Waals surface area (Å²) in [5.74, 6) is 0. The minimum absolute atomic E-state index is 0.667. The SMILES string of the molecule is N#Cc1ccc(CNCc2ccc(C#N)c(-c3cccc4ccccc34)c2)cc1. The van der Waals surface area contributed by atoms with Crippen molar-refractivity contribution in [3.63, 3.8) is 0 Å². The average molecular weight is 373 g/mol. The van der Waals surface area contributed by atoms with Crippen molar-refractivity contribution in [3.05, 3.63) is 107 Å². The van der Waals surface area contributed by atoms with Crippen LogP contribution in [0.15, 0.2) is 84.9 Å². The standard InChI is InChI=1S/C26H19N3/c27-15-19-8-10-20(11-9-19)17-29-18-21-12-13-23(16-28)26(14-21)25-7-3-5-22-4-1-2-6-24(22)25/h1-14,29H,17-18H2. The fourth-order valence-electron chi connectivity index (χ4n) is 3.53. The molecule has 4 rings (SSSR count). The summed E-state index contributed by atoms with van der Waals surface area (Å²) >= 11 is 0. The molecule has 4 aromatic carbocycles. The molecule has 0 atom stereocenters. The Hall–Kier alpha value is -3.92. The second-order valence-corrected chi connectivity index (χ2v) is 6.93. The van der Waals surface area contributed by atoms with Gasteiger partial charge in [0.1, 0.15) is 0 Å². The summed E-state index contributed by atoms with van der Waals surface area (Å²) in [6, 6.07) is 32.5. The largest absolute Gasteiger partial charge is 0.309 e. The van der Waals surface area contributed by atoms with Crippen LogP contribution in [0.25, 0.3) is 21.9 Å². The lowest BCUT2D eigenvalue weighted by Gasteiger charge is -2.12. The molecular formula is C26H19N3. The van der Waals surface area contributed by atoms with Gasteiger partial charge in [-0.1, -0.05) is 60.7 Å². The van der Waals surface area contributed by atoms with Gasteiger partial charge in [-0.3, -0.25) is 0 Å². The van der Waals surface area contributed by atoms with E-state index in [4.69, 9.17) is 5.26 Å². The minimum Gasteiger partial charge on any atom is -0.309 e. The number of nitrogens with zero attached hydrogens (tertiary/aromatic N) is 2. The molecule has 0 bridgehead atoms. The van der Waals surface area contributed by atoms with Crippen LogP contribution in [-0.4, -0.2) is 0 Å². The third kappa shape index (κ3) is 4.01. The molecule has 0 saturated heterocycles. The van der Waals surface area contributed by atoms with Gasteiger partial charge in [0.2, 0.25) is 0 Å². The zero-order valence-electron chi connectivity index (χ0n) is 15.9. The second-order valence-electron chi connectivity index (χ2n) is 6.93. The number of fused-ring (bicyclic) bond motifs is 1. The van der Waals surface area contributed by atoms with Crippen LogP contribution in [-0.2, 0) is 13.1 Å². The Labute approximate surface area is 170 Å². The topological polar surface area (TPSA) is 59.6 Å². The molecule has 29 heavy (non-hydrogen) atoms. The lowest BCUT2D eigenvalue weighted by atomic mass is 9.93. The van der Waals surface area contributed by atoms with E-state index in [0.29, 0.717) is 17.7 Å². The lowest BCUT2D eigenvalue weighted by Crippen LogP contribution is -2.12. The predicted molar refractivity (Wildman–Crippen MR) is 116 cm³/mol. The fourth-order valence-corrected chi connectivity index (χ4v) is 3.53. The van der Waals surface area contributed by atoms with Gasteiger partial charge in [-0.05, 0) is 51.7 Å². The molecule has 0 amide bonds. The van der Waals surface area contributed by atoms with Crippen LogP contribution >= 0.6 is 0 Å². The quantitative estimate of drug-likeness (QED) is 0.500. The first-order valence-electron chi connectivity index (χ1n) is 9.49. The zero-order chi connectivity index (χ0) is 20.1. The van der Waals surface area contributed by atoms with Crippen LogP contribution in [0.1, 0.15) is 22.3 Å². The molecule has 0 spiro atoms. The van der Waals surface area contributed by atoms with Crippen molar-refractivity contribution in [2.45, 2.75) is 13.1 Å². The van der Waals surface area contributed by atoms with Gasteiger partial charge < -0.3 is 5.32 Å². The first kappa shape index (κ1) is 18.4. The van der Waals surface area contributed by atoms with Gasteiger partial charge in [0.25, 0.3) is 0 Å². The highest BCUT2D eigenvalue weighted by Gasteiger charge is 2.09. The molecule has 3 heteroatoms. The van der Waals surface area contributed by atoms with E-state index >= 15 is 0 Å². The first-order valence-corrected chi connectivity index (χ1v) is 9.49. The molecule has 3 nitrogen and oxygen atoms in total. The van der Waals surface area contributed by atoms with Gasteiger partial charge in [0.05, 0.1) is 23.3 Å². The van der Waals surface area contributed by atoms with Crippen molar-refractivity contribution in [2.75, 3.05) is 0 Å². The molecule has 0 saturated carbocycles. The molecule has 0 aliphatic carbocycles. The first-order chi connectivity index (χ1) is 14.3. The van der Waals surface area contributed by atoms with E-state index in [0.717, 1.165) is 34.2 Å². The fraction of sp³-hybridized carbons (Fsp3) is 0.0769. The smallest absolute Gasteiger partial charge is 0.0998 e. The van der Waals surface area contributed by atoms with Crippen molar-refractivity contribution in [3.8, 4) is 23.3 Å². The molecule has 0 radical (unpaired) electrons. The highest BCUT2D eigenvalue weighted by molar-refractivity contribution is 5.97. The van der Waals surface area contributed by atoms with E-state index in [-0.39, 0.29) is 0 Å². The van der Waals surface area contributed by atoms with Crippen LogP contribution in [0.4, 0.5) is 0 Å². The van der Waals surface area contributed by atoms with E-state index < -0.39 is 0 Å². The van der Waals surface area contributed by atoms with Gasteiger partial charge in [-0.25, -0.2) is 0 Å². The summed E-state index contributed by atoms with van der Waals surface area (Å²) in [4.78, 5) is 0.